The van der Waals surface area contributed by atoms with Gasteiger partial charge in [0.05, 0.1) is 18.4 Å². The molecule has 1 aliphatic carbocycles. The molecule has 1 aliphatic rings. The number of methoxy groups -OCH3 is 1. The van der Waals surface area contributed by atoms with E-state index in [0.717, 1.165) is 16.2 Å². The summed E-state index contributed by atoms with van der Waals surface area (Å²) < 4.78 is 4.58. The zero-order valence-corrected chi connectivity index (χ0v) is 10.2. The average Bonchev–Trinajstić information content (AvgIpc) is 2.81. The van der Waals surface area contributed by atoms with E-state index in [2.05, 4.69) is 11.7 Å². The fraction of sp³-hybridized carbons (Fsp3) is 0.500. The van der Waals surface area contributed by atoms with Gasteiger partial charge < -0.3 is 4.74 Å². The summed E-state index contributed by atoms with van der Waals surface area (Å²) in [7, 11) is 1.37. The van der Waals surface area contributed by atoms with E-state index in [-0.39, 0.29) is 24.1 Å². The summed E-state index contributed by atoms with van der Waals surface area (Å²) in [6.45, 7) is 2.09. The Morgan fingerprint density at radius 3 is 2.75 bits per heavy atom. The number of ether oxygens (including phenoxy) is 1. The molecule has 2 rings (SSSR count). The Kier molecular flexibility index (Phi) is 3.10. The molecule has 0 spiro atoms. The maximum atomic E-state index is 11.9. The van der Waals surface area contributed by atoms with Gasteiger partial charge in [0, 0.05) is 10.8 Å². The number of hydrogen-bond donors (Lipinski definition) is 0. The highest BCUT2D eigenvalue weighted by molar-refractivity contribution is 7.14. The van der Waals surface area contributed by atoms with Gasteiger partial charge in [-0.25, -0.2) is 0 Å². The first kappa shape index (κ1) is 11.3. The van der Waals surface area contributed by atoms with Crippen molar-refractivity contribution in [2.45, 2.75) is 19.8 Å². The van der Waals surface area contributed by atoms with Gasteiger partial charge in [0.25, 0.3) is 0 Å². The number of thiophene rings is 1. The van der Waals surface area contributed by atoms with Crippen molar-refractivity contribution in [1.29, 1.82) is 0 Å². The normalized spacial score (nSPS) is 22.9. The Balaban J connectivity index is 2.02. The molecule has 3 nitrogen and oxygen atoms in total. The molecule has 0 aliphatic heterocycles. The smallest absolute Gasteiger partial charge is 0.310 e. The molecule has 16 heavy (non-hydrogen) atoms. The van der Waals surface area contributed by atoms with Crippen molar-refractivity contribution in [1.82, 2.24) is 0 Å². The second-order valence-electron chi connectivity index (χ2n) is 4.20. The van der Waals surface area contributed by atoms with E-state index < -0.39 is 0 Å². The van der Waals surface area contributed by atoms with Crippen LogP contribution >= 0.6 is 11.3 Å². The third-order valence-electron chi connectivity index (χ3n) is 2.90. The molecule has 2 atom stereocenters. The molecule has 1 fully saturated rings. The van der Waals surface area contributed by atoms with Gasteiger partial charge in [-0.1, -0.05) is 6.92 Å². The van der Waals surface area contributed by atoms with Gasteiger partial charge in [-0.2, -0.15) is 0 Å². The minimum absolute atomic E-state index is 0.213. The van der Waals surface area contributed by atoms with Crippen LogP contribution in [0.3, 0.4) is 0 Å². The van der Waals surface area contributed by atoms with Crippen molar-refractivity contribution in [3.63, 3.8) is 0 Å². The van der Waals surface area contributed by atoms with E-state index in [9.17, 15) is 9.59 Å². The zero-order chi connectivity index (χ0) is 11.7. The molecule has 0 radical (unpaired) electrons. The summed E-state index contributed by atoms with van der Waals surface area (Å²) in [6.07, 6.45) is 1.26. The van der Waals surface area contributed by atoms with Crippen molar-refractivity contribution in [2.24, 2.45) is 11.8 Å². The van der Waals surface area contributed by atoms with Crippen molar-refractivity contribution >= 4 is 23.1 Å². The number of carbonyl (C=O) groups is 2. The monoisotopic (exact) mass is 238 g/mol. The molecule has 86 valence electrons. The quantitative estimate of drug-likeness (QED) is 0.597. The lowest BCUT2D eigenvalue weighted by molar-refractivity contribution is -0.139. The van der Waals surface area contributed by atoms with Gasteiger partial charge in [-0.05, 0) is 24.5 Å². The summed E-state index contributed by atoms with van der Waals surface area (Å²) in [5, 5.41) is 0. The fourth-order valence-corrected chi connectivity index (χ4v) is 2.69. The summed E-state index contributed by atoms with van der Waals surface area (Å²) in [6, 6.07) is 3.65. The van der Waals surface area contributed by atoms with Crippen LogP contribution in [0.15, 0.2) is 12.1 Å². The first-order valence-electron chi connectivity index (χ1n) is 5.31. The highest BCUT2D eigenvalue weighted by Gasteiger charge is 2.39. The molecule has 4 heteroatoms. The lowest BCUT2D eigenvalue weighted by Crippen LogP contribution is -2.02. The standard InChI is InChI=1S/C12H14O3S/c1-7-5-9(7)12(14)10-4-3-8(16-10)6-11(13)15-2/h3-4,7,9H,5-6H2,1-2H3. The molecule has 0 aromatic carbocycles. The highest BCUT2D eigenvalue weighted by atomic mass is 32.1. The number of rotatable bonds is 4. The van der Waals surface area contributed by atoms with Crippen molar-refractivity contribution in [3.05, 3.63) is 21.9 Å². The average molecular weight is 238 g/mol. The lowest BCUT2D eigenvalue weighted by atomic mass is 10.2. The van der Waals surface area contributed by atoms with Gasteiger partial charge in [-0.3, -0.25) is 9.59 Å². The molecule has 1 aromatic heterocycles. The summed E-state index contributed by atoms with van der Waals surface area (Å²) in [4.78, 5) is 24.6. The third-order valence-corrected chi connectivity index (χ3v) is 4.00. The minimum atomic E-state index is -0.263. The summed E-state index contributed by atoms with van der Waals surface area (Å²) in [5.74, 6) is 0.706. The van der Waals surface area contributed by atoms with Crippen LogP contribution in [0.1, 0.15) is 27.9 Å². The largest absolute Gasteiger partial charge is 0.469 e. The molecule has 0 N–H and O–H groups in total. The first-order chi connectivity index (χ1) is 7.61. The minimum Gasteiger partial charge on any atom is -0.469 e. The summed E-state index contributed by atoms with van der Waals surface area (Å²) in [5.41, 5.74) is 0. The number of ketones is 1. The van der Waals surface area contributed by atoms with Crippen LogP contribution in [-0.4, -0.2) is 18.9 Å². The molecule has 1 aromatic rings. The Morgan fingerprint density at radius 1 is 1.50 bits per heavy atom. The zero-order valence-electron chi connectivity index (χ0n) is 9.36. The van der Waals surface area contributed by atoms with Gasteiger partial charge in [0.2, 0.25) is 0 Å². The molecule has 0 bridgehead atoms. The topological polar surface area (TPSA) is 43.4 Å². The Bertz CT molecular complexity index is 422. The lowest BCUT2D eigenvalue weighted by Gasteiger charge is -1.95. The molecular formula is C12H14O3S. The molecule has 1 heterocycles. The predicted molar refractivity (Wildman–Crippen MR) is 61.6 cm³/mol. The molecular weight excluding hydrogens is 224 g/mol. The summed E-state index contributed by atoms with van der Waals surface area (Å²) >= 11 is 1.40. The van der Waals surface area contributed by atoms with E-state index >= 15 is 0 Å². The van der Waals surface area contributed by atoms with Crippen molar-refractivity contribution < 1.29 is 14.3 Å². The van der Waals surface area contributed by atoms with Crippen molar-refractivity contribution in [3.8, 4) is 0 Å². The van der Waals surface area contributed by atoms with Gasteiger partial charge >= 0.3 is 5.97 Å². The van der Waals surface area contributed by atoms with Crippen LogP contribution < -0.4 is 0 Å². The number of esters is 1. The van der Waals surface area contributed by atoms with Gasteiger partial charge in [0.1, 0.15) is 0 Å². The third kappa shape index (κ3) is 2.32. The van der Waals surface area contributed by atoms with Crippen LogP contribution in [0.25, 0.3) is 0 Å². The van der Waals surface area contributed by atoms with Crippen LogP contribution in [0, 0.1) is 11.8 Å². The predicted octanol–water partition coefficient (Wildman–Crippen LogP) is 2.30. The van der Waals surface area contributed by atoms with Gasteiger partial charge in [0.15, 0.2) is 5.78 Å². The second-order valence-corrected chi connectivity index (χ2v) is 5.37. The number of carbonyl (C=O) groups excluding carboxylic acids is 2. The van der Waals surface area contributed by atoms with Crippen LogP contribution in [0.4, 0.5) is 0 Å². The Labute approximate surface area is 98.4 Å². The number of hydrogen-bond acceptors (Lipinski definition) is 4. The molecule has 0 amide bonds. The van der Waals surface area contributed by atoms with E-state index in [1.54, 1.807) is 0 Å². The second kappa shape index (κ2) is 4.37. The van der Waals surface area contributed by atoms with Crippen LogP contribution in [0.2, 0.25) is 0 Å². The van der Waals surface area contributed by atoms with E-state index in [0.29, 0.717) is 5.92 Å². The molecule has 1 saturated carbocycles. The fourth-order valence-electron chi connectivity index (χ4n) is 1.69. The van der Waals surface area contributed by atoms with E-state index in [1.807, 2.05) is 12.1 Å². The SMILES string of the molecule is COC(=O)Cc1ccc(C(=O)C2CC2C)s1. The first-order valence-corrected chi connectivity index (χ1v) is 6.13. The van der Waals surface area contributed by atoms with E-state index in [1.165, 1.54) is 18.4 Å². The highest BCUT2D eigenvalue weighted by Crippen LogP contribution is 2.41. The van der Waals surface area contributed by atoms with Crippen molar-refractivity contribution in [2.75, 3.05) is 7.11 Å². The Hall–Kier alpha value is -1.16. The van der Waals surface area contributed by atoms with Crippen LogP contribution in [-0.2, 0) is 16.0 Å². The maximum absolute atomic E-state index is 11.9. The van der Waals surface area contributed by atoms with Crippen LogP contribution in [0.5, 0.6) is 0 Å². The van der Waals surface area contributed by atoms with Gasteiger partial charge in [-0.15, -0.1) is 11.3 Å². The van der Waals surface area contributed by atoms with E-state index in [4.69, 9.17) is 0 Å². The maximum Gasteiger partial charge on any atom is 0.310 e. The number of Topliss-reactive ketones (excluding diaryl/α,β-unsaturated/α-hetero) is 1. The molecule has 2 unspecified atom stereocenters. The molecule has 0 saturated heterocycles. The Morgan fingerprint density at radius 2 is 2.19 bits per heavy atom.